The van der Waals surface area contributed by atoms with Crippen LogP contribution in [0.4, 0.5) is 0 Å². The van der Waals surface area contributed by atoms with Gasteiger partial charge in [0.1, 0.15) is 0 Å². The van der Waals surface area contributed by atoms with E-state index in [1.54, 1.807) is 0 Å². The molecule has 0 aromatic carbocycles. The Kier molecular flexibility index (Phi) is 5.41. The van der Waals surface area contributed by atoms with Gasteiger partial charge in [0.2, 0.25) is 0 Å². The highest BCUT2D eigenvalue weighted by Gasteiger charge is 2.39. The quantitative estimate of drug-likeness (QED) is 0.841. The van der Waals surface area contributed by atoms with Crippen LogP contribution in [0.15, 0.2) is 0 Å². The van der Waals surface area contributed by atoms with E-state index in [9.17, 15) is 0 Å². The number of rotatable bonds is 3. The van der Waals surface area contributed by atoms with Crippen molar-refractivity contribution < 1.29 is 0 Å². The predicted octanol–water partition coefficient (Wildman–Crippen LogP) is 4.16. The van der Waals surface area contributed by atoms with Crippen molar-refractivity contribution >= 4 is 0 Å². The van der Waals surface area contributed by atoms with Gasteiger partial charge in [0.25, 0.3) is 0 Å². The molecule has 1 saturated carbocycles. The van der Waals surface area contributed by atoms with Crippen LogP contribution in [-0.4, -0.2) is 37.6 Å². The van der Waals surface area contributed by atoms with Gasteiger partial charge in [-0.05, 0) is 68.5 Å². The maximum absolute atomic E-state index is 3.64. The molecule has 1 aliphatic carbocycles. The van der Waals surface area contributed by atoms with Crippen molar-refractivity contribution in [2.24, 2.45) is 22.7 Å². The summed E-state index contributed by atoms with van der Waals surface area (Å²) < 4.78 is 0. The summed E-state index contributed by atoms with van der Waals surface area (Å²) in [5.74, 6) is 1.75. The van der Waals surface area contributed by atoms with Crippen LogP contribution in [0.1, 0.15) is 66.7 Å². The Morgan fingerprint density at radius 3 is 2.24 bits per heavy atom. The lowest BCUT2D eigenvalue weighted by Gasteiger charge is -2.47. The zero-order valence-electron chi connectivity index (χ0n) is 15.3. The average molecular weight is 295 g/mol. The molecule has 0 bridgehead atoms. The molecule has 2 atom stereocenters. The SMILES string of the molecule is CNC1C(CN2CCC(C(C)(C)C)CC2)CCCC1(C)C. The number of hydrogen-bond donors (Lipinski definition) is 1. The van der Waals surface area contributed by atoms with E-state index in [1.807, 2.05) is 0 Å². The maximum Gasteiger partial charge on any atom is 0.0156 e. The van der Waals surface area contributed by atoms with Crippen molar-refractivity contribution in [2.45, 2.75) is 72.8 Å². The summed E-state index contributed by atoms with van der Waals surface area (Å²) in [7, 11) is 2.16. The van der Waals surface area contributed by atoms with Crippen LogP contribution in [0, 0.1) is 22.7 Å². The van der Waals surface area contributed by atoms with Crippen molar-refractivity contribution in [3.8, 4) is 0 Å². The highest BCUT2D eigenvalue weighted by atomic mass is 15.1. The second-order valence-corrected chi connectivity index (χ2v) is 9.35. The highest BCUT2D eigenvalue weighted by Crippen LogP contribution is 2.40. The van der Waals surface area contributed by atoms with E-state index in [0.29, 0.717) is 16.9 Å². The number of nitrogens with zero attached hydrogens (tertiary/aromatic N) is 1. The summed E-state index contributed by atoms with van der Waals surface area (Å²) in [6, 6.07) is 0.687. The molecule has 2 rings (SSSR count). The van der Waals surface area contributed by atoms with Crippen molar-refractivity contribution in [1.82, 2.24) is 10.2 Å². The Balaban J connectivity index is 1.88. The Morgan fingerprint density at radius 2 is 1.71 bits per heavy atom. The standard InChI is InChI=1S/C19H38N2/c1-18(2,3)16-9-12-21(13-10-16)14-15-8-7-11-19(4,5)17(15)20-6/h15-17,20H,7-14H2,1-6H3. The molecule has 0 amide bonds. The van der Waals surface area contributed by atoms with Gasteiger partial charge in [-0.1, -0.05) is 41.0 Å². The van der Waals surface area contributed by atoms with Crippen molar-refractivity contribution in [3.63, 3.8) is 0 Å². The zero-order chi connectivity index (χ0) is 15.7. The first-order valence-corrected chi connectivity index (χ1v) is 9.13. The van der Waals surface area contributed by atoms with Crippen molar-refractivity contribution in [3.05, 3.63) is 0 Å². The lowest BCUT2D eigenvalue weighted by Crippen LogP contribution is -2.52. The number of piperidine rings is 1. The van der Waals surface area contributed by atoms with Crippen LogP contribution in [0.2, 0.25) is 0 Å². The van der Waals surface area contributed by atoms with Crippen LogP contribution in [-0.2, 0) is 0 Å². The fraction of sp³-hybridized carbons (Fsp3) is 1.00. The van der Waals surface area contributed by atoms with Crippen LogP contribution in [0.5, 0.6) is 0 Å². The third kappa shape index (κ3) is 4.22. The minimum absolute atomic E-state index is 0.460. The summed E-state index contributed by atoms with van der Waals surface area (Å²) in [6.07, 6.45) is 6.98. The molecule has 21 heavy (non-hydrogen) atoms. The summed E-state index contributed by atoms with van der Waals surface area (Å²) in [4.78, 5) is 2.75. The molecule has 2 nitrogen and oxygen atoms in total. The molecular formula is C19H38N2. The van der Waals surface area contributed by atoms with E-state index < -0.39 is 0 Å². The molecule has 1 aliphatic heterocycles. The van der Waals surface area contributed by atoms with Crippen molar-refractivity contribution in [2.75, 3.05) is 26.7 Å². The van der Waals surface area contributed by atoms with Gasteiger partial charge in [-0.3, -0.25) is 0 Å². The first kappa shape index (κ1) is 17.3. The molecule has 1 saturated heterocycles. The Morgan fingerprint density at radius 1 is 1.10 bits per heavy atom. The van der Waals surface area contributed by atoms with E-state index in [-0.39, 0.29) is 0 Å². The van der Waals surface area contributed by atoms with Crippen LogP contribution >= 0.6 is 0 Å². The molecule has 124 valence electrons. The minimum Gasteiger partial charge on any atom is -0.316 e. The third-order valence-electron chi connectivity index (χ3n) is 6.33. The van der Waals surface area contributed by atoms with E-state index >= 15 is 0 Å². The van der Waals surface area contributed by atoms with E-state index in [0.717, 1.165) is 11.8 Å². The van der Waals surface area contributed by atoms with Gasteiger partial charge < -0.3 is 10.2 Å². The molecule has 0 radical (unpaired) electrons. The fourth-order valence-electron chi connectivity index (χ4n) is 4.92. The number of nitrogens with one attached hydrogen (secondary N) is 1. The molecule has 2 unspecified atom stereocenters. The molecule has 0 aromatic rings. The van der Waals surface area contributed by atoms with Gasteiger partial charge >= 0.3 is 0 Å². The predicted molar refractivity (Wildman–Crippen MR) is 92.6 cm³/mol. The molecule has 0 aromatic heterocycles. The summed E-state index contributed by atoms with van der Waals surface area (Å²) in [6.45, 7) is 16.1. The average Bonchev–Trinajstić information content (AvgIpc) is 2.37. The van der Waals surface area contributed by atoms with Gasteiger partial charge in [-0.25, -0.2) is 0 Å². The van der Waals surface area contributed by atoms with Crippen LogP contribution in [0.25, 0.3) is 0 Å². The third-order valence-corrected chi connectivity index (χ3v) is 6.33. The fourth-order valence-corrected chi connectivity index (χ4v) is 4.92. The van der Waals surface area contributed by atoms with Gasteiger partial charge in [-0.15, -0.1) is 0 Å². The topological polar surface area (TPSA) is 15.3 Å². The zero-order valence-corrected chi connectivity index (χ0v) is 15.3. The monoisotopic (exact) mass is 294 g/mol. The molecule has 2 aliphatic rings. The van der Waals surface area contributed by atoms with Gasteiger partial charge in [-0.2, -0.15) is 0 Å². The second kappa shape index (κ2) is 6.58. The molecule has 0 spiro atoms. The van der Waals surface area contributed by atoms with Crippen LogP contribution < -0.4 is 5.32 Å². The Hall–Kier alpha value is -0.0800. The van der Waals surface area contributed by atoms with Crippen molar-refractivity contribution in [1.29, 1.82) is 0 Å². The molecule has 1 heterocycles. The summed E-state index contributed by atoms with van der Waals surface area (Å²) in [5, 5.41) is 3.64. The highest BCUT2D eigenvalue weighted by molar-refractivity contribution is 4.94. The Labute approximate surface area is 133 Å². The van der Waals surface area contributed by atoms with Gasteiger partial charge in [0.15, 0.2) is 0 Å². The Bertz CT molecular complexity index is 321. The maximum atomic E-state index is 3.64. The van der Waals surface area contributed by atoms with Gasteiger partial charge in [0, 0.05) is 12.6 Å². The molecular weight excluding hydrogens is 256 g/mol. The van der Waals surface area contributed by atoms with Crippen LogP contribution in [0.3, 0.4) is 0 Å². The van der Waals surface area contributed by atoms with E-state index in [2.05, 4.69) is 51.9 Å². The molecule has 1 N–H and O–H groups in total. The smallest absolute Gasteiger partial charge is 0.0156 e. The molecule has 2 fully saturated rings. The first-order chi connectivity index (χ1) is 9.74. The van der Waals surface area contributed by atoms with Gasteiger partial charge in [0.05, 0.1) is 0 Å². The number of hydrogen-bond acceptors (Lipinski definition) is 2. The van der Waals surface area contributed by atoms with E-state index in [4.69, 9.17) is 0 Å². The first-order valence-electron chi connectivity index (χ1n) is 9.13. The lowest BCUT2D eigenvalue weighted by molar-refractivity contribution is 0.0558. The summed E-state index contributed by atoms with van der Waals surface area (Å²) >= 11 is 0. The summed E-state index contributed by atoms with van der Waals surface area (Å²) in [5.41, 5.74) is 0.952. The number of likely N-dealkylation sites (tertiary alicyclic amines) is 1. The largest absolute Gasteiger partial charge is 0.316 e. The molecule has 2 heteroatoms. The second-order valence-electron chi connectivity index (χ2n) is 9.35. The lowest BCUT2D eigenvalue weighted by atomic mass is 9.67. The minimum atomic E-state index is 0.460. The van der Waals surface area contributed by atoms with E-state index in [1.165, 1.54) is 51.7 Å². The normalized spacial score (nSPS) is 32.3.